The van der Waals surface area contributed by atoms with Crippen LogP contribution in [0, 0.1) is 0 Å². The number of ether oxygens (including phenoxy) is 2. The fourth-order valence-corrected chi connectivity index (χ4v) is 3.31. The van der Waals surface area contributed by atoms with Crippen LogP contribution < -0.4 is 0 Å². The predicted molar refractivity (Wildman–Crippen MR) is 93.2 cm³/mol. The Hall–Kier alpha value is -0.340. The molecule has 2 fully saturated rings. The summed E-state index contributed by atoms with van der Waals surface area (Å²) >= 11 is 0. The molecule has 128 valence electrons. The number of hydrogen-bond acceptors (Lipinski definition) is 2. The van der Waals surface area contributed by atoms with Gasteiger partial charge in [0.1, 0.15) is 0 Å². The summed E-state index contributed by atoms with van der Waals surface area (Å²) in [7, 11) is 0. The summed E-state index contributed by atoms with van der Waals surface area (Å²) in [6.07, 6.45) is 22.6. The average Bonchev–Trinajstić information content (AvgIpc) is 3.43. The van der Waals surface area contributed by atoms with Crippen molar-refractivity contribution in [3.8, 4) is 0 Å². The third kappa shape index (κ3) is 7.28. The van der Waals surface area contributed by atoms with E-state index >= 15 is 0 Å². The first kappa shape index (κ1) is 18.0. The van der Waals surface area contributed by atoms with E-state index in [2.05, 4.69) is 26.0 Å². The van der Waals surface area contributed by atoms with Crippen LogP contribution in [0.2, 0.25) is 0 Å². The van der Waals surface area contributed by atoms with Gasteiger partial charge in [0.25, 0.3) is 0 Å². The van der Waals surface area contributed by atoms with Gasteiger partial charge in [0, 0.05) is 6.42 Å². The Morgan fingerprint density at radius 2 is 1.32 bits per heavy atom. The monoisotopic (exact) mass is 308 g/mol. The Morgan fingerprint density at radius 1 is 0.682 bits per heavy atom. The zero-order valence-corrected chi connectivity index (χ0v) is 14.8. The summed E-state index contributed by atoms with van der Waals surface area (Å²) in [5.74, 6) is 0. The number of epoxide rings is 2. The normalized spacial score (nSPS) is 30.1. The van der Waals surface area contributed by atoms with Crippen molar-refractivity contribution in [1.29, 1.82) is 0 Å². The molecule has 0 aliphatic carbocycles. The predicted octanol–water partition coefficient (Wildman–Crippen LogP) is 5.80. The fourth-order valence-electron chi connectivity index (χ4n) is 3.31. The maximum atomic E-state index is 5.72. The first-order chi connectivity index (χ1) is 10.8. The molecule has 4 atom stereocenters. The molecule has 2 aliphatic rings. The highest BCUT2D eigenvalue weighted by atomic mass is 16.6. The lowest BCUT2D eigenvalue weighted by Crippen LogP contribution is -2.00. The van der Waals surface area contributed by atoms with Crippen LogP contribution in [0.1, 0.15) is 90.9 Å². The van der Waals surface area contributed by atoms with Crippen LogP contribution in [0.3, 0.4) is 0 Å². The smallest absolute Gasteiger partial charge is 0.0877 e. The minimum absolute atomic E-state index is 0.481. The van der Waals surface area contributed by atoms with Gasteiger partial charge in [-0.15, -0.1) is 0 Å². The van der Waals surface area contributed by atoms with E-state index in [0.717, 1.165) is 19.3 Å². The summed E-state index contributed by atoms with van der Waals surface area (Å²) in [6.45, 7) is 4.48. The fraction of sp³-hybridized carbons (Fsp3) is 0.900. The van der Waals surface area contributed by atoms with Gasteiger partial charge in [-0.1, -0.05) is 70.9 Å². The molecule has 0 amide bonds. The van der Waals surface area contributed by atoms with Crippen molar-refractivity contribution >= 4 is 0 Å². The van der Waals surface area contributed by atoms with E-state index in [9.17, 15) is 0 Å². The quantitative estimate of drug-likeness (QED) is 0.230. The number of rotatable bonds is 14. The Balaban J connectivity index is 1.33. The summed E-state index contributed by atoms with van der Waals surface area (Å²) in [6, 6.07) is 0. The SMILES string of the molecule is CCCCCCCCCC/C=C\CC1OC1CC1OC1CC. The van der Waals surface area contributed by atoms with Crippen molar-refractivity contribution in [1.82, 2.24) is 0 Å². The second-order valence-electron chi connectivity index (χ2n) is 7.04. The largest absolute Gasteiger partial charge is 0.369 e. The van der Waals surface area contributed by atoms with Gasteiger partial charge in [0.15, 0.2) is 0 Å². The molecule has 4 unspecified atom stereocenters. The van der Waals surface area contributed by atoms with Crippen LogP contribution in [0.5, 0.6) is 0 Å². The third-order valence-electron chi connectivity index (χ3n) is 5.00. The summed E-state index contributed by atoms with van der Waals surface area (Å²) in [5, 5.41) is 0. The molecule has 2 saturated heterocycles. The molecular weight excluding hydrogens is 272 g/mol. The lowest BCUT2D eigenvalue weighted by molar-refractivity contribution is 0.323. The molecule has 2 heterocycles. The van der Waals surface area contributed by atoms with Crippen molar-refractivity contribution in [2.24, 2.45) is 0 Å². The van der Waals surface area contributed by atoms with Gasteiger partial charge in [-0.05, 0) is 25.7 Å². The standard InChI is InChI=1S/C20H36O2/c1-3-5-6-7-8-9-10-11-12-13-14-15-18-20(22-18)16-19-17(4-2)21-19/h13-14,17-20H,3-12,15-16H2,1-2H3/b14-13-. The Morgan fingerprint density at radius 3 is 2.00 bits per heavy atom. The highest BCUT2D eigenvalue weighted by Crippen LogP contribution is 2.37. The number of hydrogen-bond donors (Lipinski definition) is 0. The third-order valence-corrected chi connectivity index (χ3v) is 5.00. The zero-order valence-electron chi connectivity index (χ0n) is 14.8. The van der Waals surface area contributed by atoms with E-state index in [0.29, 0.717) is 24.4 Å². The molecule has 22 heavy (non-hydrogen) atoms. The van der Waals surface area contributed by atoms with Crippen molar-refractivity contribution in [2.45, 2.75) is 115 Å². The van der Waals surface area contributed by atoms with E-state index in [1.165, 1.54) is 57.8 Å². The van der Waals surface area contributed by atoms with E-state index in [1.807, 2.05) is 0 Å². The molecule has 2 heteroatoms. The van der Waals surface area contributed by atoms with Gasteiger partial charge in [0.05, 0.1) is 24.4 Å². The highest BCUT2D eigenvalue weighted by Gasteiger charge is 2.46. The molecule has 0 spiro atoms. The van der Waals surface area contributed by atoms with Crippen molar-refractivity contribution in [3.05, 3.63) is 12.2 Å². The van der Waals surface area contributed by atoms with E-state index in [1.54, 1.807) is 0 Å². The second kappa shape index (κ2) is 10.4. The minimum atomic E-state index is 0.481. The van der Waals surface area contributed by atoms with Gasteiger partial charge in [-0.25, -0.2) is 0 Å². The molecule has 0 aromatic heterocycles. The first-order valence-electron chi connectivity index (χ1n) is 9.81. The number of unbranched alkanes of at least 4 members (excludes halogenated alkanes) is 8. The van der Waals surface area contributed by atoms with Gasteiger partial charge >= 0.3 is 0 Å². The summed E-state index contributed by atoms with van der Waals surface area (Å²) in [5.41, 5.74) is 0. The average molecular weight is 309 g/mol. The first-order valence-corrected chi connectivity index (χ1v) is 9.81. The molecule has 0 radical (unpaired) electrons. The minimum Gasteiger partial charge on any atom is -0.369 e. The van der Waals surface area contributed by atoms with E-state index in [4.69, 9.17) is 9.47 Å². The molecule has 0 aromatic rings. The van der Waals surface area contributed by atoms with Gasteiger partial charge in [-0.2, -0.15) is 0 Å². The molecule has 0 N–H and O–H groups in total. The number of allylic oxidation sites excluding steroid dienone is 1. The molecule has 0 saturated carbocycles. The van der Waals surface area contributed by atoms with Crippen LogP contribution >= 0.6 is 0 Å². The molecule has 2 nitrogen and oxygen atoms in total. The van der Waals surface area contributed by atoms with Crippen LogP contribution in [0.15, 0.2) is 12.2 Å². The molecule has 2 rings (SSSR count). The topological polar surface area (TPSA) is 25.1 Å². The second-order valence-corrected chi connectivity index (χ2v) is 7.04. The molecule has 2 aliphatic heterocycles. The van der Waals surface area contributed by atoms with Crippen LogP contribution in [0.4, 0.5) is 0 Å². The summed E-state index contributed by atoms with van der Waals surface area (Å²) < 4.78 is 11.3. The lowest BCUT2D eigenvalue weighted by Gasteiger charge is -1.99. The van der Waals surface area contributed by atoms with Crippen LogP contribution in [0.25, 0.3) is 0 Å². The van der Waals surface area contributed by atoms with Gasteiger partial charge in [-0.3, -0.25) is 0 Å². The van der Waals surface area contributed by atoms with Crippen molar-refractivity contribution < 1.29 is 9.47 Å². The molecule has 0 aromatic carbocycles. The van der Waals surface area contributed by atoms with Crippen molar-refractivity contribution in [3.63, 3.8) is 0 Å². The van der Waals surface area contributed by atoms with E-state index < -0.39 is 0 Å². The Labute approximate surface area is 137 Å². The highest BCUT2D eigenvalue weighted by molar-refractivity contribution is 4.98. The van der Waals surface area contributed by atoms with E-state index in [-0.39, 0.29) is 0 Å². The van der Waals surface area contributed by atoms with Gasteiger partial charge < -0.3 is 9.47 Å². The van der Waals surface area contributed by atoms with Crippen molar-refractivity contribution in [2.75, 3.05) is 0 Å². The van der Waals surface area contributed by atoms with Crippen LogP contribution in [-0.2, 0) is 9.47 Å². The van der Waals surface area contributed by atoms with Crippen LogP contribution in [-0.4, -0.2) is 24.4 Å². The zero-order chi connectivity index (χ0) is 15.6. The molecule has 0 bridgehead atoms. The summed E-state index contributed by atoms with van der Waals surface area (Å²) in [4.78, 5) is 0. The van der Waals surface area contributed by atoms with Gasteiger partial charge in [0.2, 0.25) is 0 Å². The maximum Gasteiger partial charge on any atom is 0.0877 e. The molecular formula is C20H36O2. The Bertz CT molecular complexity index is 313. The Kier molecular flexibility index (Phi) is 8.54. The lowest BCUT2D eigenvalue weighted by atomic mass is 10.1. The maximum absolute atomic E-state index is 5.72.